The van der Waals surface area contributed by atoms with E-state index in [2.05, 4.69) is 4.98 Å². The number of likely N-dealkylation sites (tertiary alicyclic amines) is 1. The molecule has 1 saturated heterocycles. The molecule has 0 radical (unpaired) electrons. The van der Waals surface area contributed by atoms with Crippen LogP contribution in [-0.2, 0) is 10.3 Å². The number of aryl methyl sites for hydroxylation is 1. The molecule has 6 heteroatoms. The van der Waals surface area contributed by atoms with Gasteiger partial charge in [-0.25, -0.2) is 9.37 Å². The maximum absolute atomic E-state index is 13.4. The van der Waals surface area contributed by atoms with E-state index in [9.17, 15) is 9.18 Å². The highest BCUT2D eigenvalue weighted by atomic mass is 19.1. The molecular formula is C26H28FN3O2. The highest BCUT2D eigenvalue weighted by molar-refractivity contribution is 5.99. The maximum atomic E-state index is 13.4. The van der Waals surface area contributed by atoms with Gasteiger partial charge in [0.15, 0.2) is 0 Å². The van der Waals surface area contributed by atoms with Gasteiger partial charge in [0.05, 0.1) is 30.4 Å². The summed E-state index contributed by atoms with van der Waals surface area (Å²) >= 11 is 0. The molecule has 5 nitrogen and oxygen atoms in total. The second-order valence-corrected chi connectivity index (χ2v) is 8.65. The maximum Gasteiger partial charge on any atom is 0.250 e. The zero-order chi connectivity index (χ0) is 22.9. The van der Waals surface area contributed by atoms with Crippen molar-refractivity contribution in [3.63, 3.8) is 0 Å². The molecule has 3 aromatic rings. The fourth-order valence-electron chi connectivity index (χ4n) is 4.24. The van der Waals surface area contributed by atoms with Gasteiger partial charge >= 0.3 is 0 Å². The zero-order valence-electron chi connectivity index (χ0n) is 18.9. The second kappa shape index (κ2) is 8.61. The van der Waals surface area contributed by atoms with E-state index in [1.807, 2.05) is 60.7 Å². The number of methoxy groups -OCH3 is 1. The van der Waals surface area contributed by atoms with Crippen molar-refractivity contribution in [2.45, 2.75) is 39.2 Å². The molecule has 1 fully saturated rings. The van der Waals surface area contributed by atoms with Crippen LogP contribution in [0, 0.1) is 12.7 Å². The van der Waals surface area contributed by atoms with Crippen LogP contribution in [0.2, 0.25) is 0 Å². The van der Waals surface area contributed by atoms with Crippen molar-refractivity contribution in [2.75, 3.05) is 13.7 Å². The Bertz CT molecular complexity index is 1160. The first-order valence-corrected chi connectivity index (χ1v) is 10.8. The lowest BCUT2D eigenvalue weighted by Gasteiger charge is -2.42. The van der Waals surface area contributed by atoms with E-state index in [1.54, 1.807) is 25.6 Å². The predicted octanol–water partition coefficient (Wildman–Crippen LogP) is 5.27. The van der Waals surface area contributed by atoms with E-state index >= 15 is 0 Å². The summed E-state index contributed by atoms with van der Waals surface area (Å²) in [6.07, 6.45) is 7.24. The van der Waals surface area contributed by atoms with Crippen LogP contribution in [0.4, 0.5) is 4.39 Å². The van der Waals surface area contributed by atoms with Crippen LogP contribution in [0.3, 0.4) is 0 Å². The van der Waals surface area contributed by atoms with Crippen LogP contribution < -0.4 is 4.74 Å². The molecule has 32 heavy (non-hydrogen) atoms. The van der Waals surface area contributed by atoms with Gasteiger partial charge in [-0.2, -0.15) is 0 Å². The Hall–Kier alpha value is -3.41. The first-order chi connectivity index (χ1) is 15.3. The summed E-state index contributed by atoms with van der Waals surface area (Å²) in [5.41, 5.74) is 3.87. The standard InChI is InChI=1S/C26H28FN3O2/c1-18-16-29(17-28-18)23-12-7-19(15-24(23)32-4)14-20-6-5-13-30(25(20)31)26(2,3)21-8-10-22(27)11-9-21/h7-12,14-17H,5-6,13H2,1-4H3. The van der Waals surface area contributed by atoms with Gasteiger partial charge in [-0.05, 0) is 75.1 Å². The van der Waals surface area contributed by atoms with E-state index in [0.29, 0.717) is 12.3 Å². The third-order valence-electron chi connectivity index (χ3n) is 6.11. The molecule has 0 bridgehead atoms. The third kappa shape index (κ3) is 4.17. The van der Waals surface area contributed by atoms with Crippen LogP contribution in [0.15, 0.2) is 60.6 Å². The summed E-state index contributed by atoms with van der Waals surface area (Å²) in [5.74, 6) is 0.445. The van der Waals surface area contributed by atoms with Gasteiger partial charge in [0.25, 0.3) is 5.91 Å². The molecule has 0 atom stereocenters. The predicted molar refractivity (Wildman–Crippen MR) is 123 cm³/mol. The Balaban J connectivity index is 1.62. The fourth-order valence-corrected chi connectivity index (χ4v) is 4.24. The average molecular weight is 434 g/mol. The van der Waals surface area contributed by atoms with Crippen LogP contribution in [-0.4, -0.2) is 34.0 Å². The van der Waals surface area contributed by atoms with E-state index < -0.39 is 5.54 Å². The molecule has 4 rings (SSSR count). The second-order valence-electron chi connectivity index (χ2n) is 8.65. The minimum Gasteiger partial charge on any atom is -0.495 e. The summed E-state index contributed by atoms with van der Waals surface area (Å²) in [6.45, 7) is 6.62. The molecule has 0 aliphatic carbocycles. The number of piperidine rings is 1. The average Bonchev–Trinajstić information content (AvgIpc) is 3.21. The minimum absolute atomic E-state index is 0.0128. The van der Waals surface area contributed by atoms with Crippen molar-refractivity contribution in [3.8, 4) is 11.4 Å². The van der Waals surface area contributed by atoms with Crippen molar-refractivity contribution in [1.82, 2.24) is 14.5 Å². The van der Waals surface area contributed by atoms with Crippen molar-refractivity contribution in [2.24, 2.45) is 0 Å². The molecule has 0 unspecified atom stereocenters. The minimum atomic E-state index is -0.537. The summed E-state index contributed by atoms with van der Waals surface area (Å²) in [5, 5.41) is 0. The topological polar surface area (TPSA) is 47.4 Å². The molecule has 2 heterocycles. The Morgan fingerprint density at radius 1 is 1.16 bits per heavy atom. The summed E-state index contributed by atoms with van der Waals surface area (Å²) in [7, 11) is 1.64. The number of rotatable bonds is 5. The van der Waals surface area contributed by atoms with Crippen LogP contribution >= 0.6 is 0 Å². The monoisotopic (exact) mass is 433 g/mol. The summed E-state index contributed by atoms with van der Waals surface area (Å²) in [6, 6.07) is 12.3. The number of imidazole rings is 1. The lowest BCUT2D eigenvalue weighted by molar-refractivity contribution is -0.134. The van der Waals surface area contributed by atoms with E-state index in [-0.39, 0.29) is 11.7 Å². The number of hydrogen-bond donors (Lipinski definition) is 0. The summed E-state index contributed by atoms with van der Waals surface area (Å²) < 4.78 is 20.9. The number of nitrogens with zero attached hydrogens (tertiary/aromatic N) is 3. The van der Waals surface area contributed by atoms with Gasteiger partial charge in [-0.1, -0.05) is 18.2 Å². The molecule has 1 aliphatic rings. The number of halogens is 1. The smallest absolute Gasteiger partial charge is 0.250 e. The van der Waals surface area contributed by atoms with E-state index in [1.165, 1.54) is 12.1 Å². The largest absolute Gasteiger partial charge is 0.495 e. The number of carbonyl (C=O) groups is 1. The molecule has 0 N–H and O–H groups in total. The first kappa shape index (κ1) is 21.8. The van der Waals surface area contributed by atoms with Gasteiger partial charge in [0.1, 0.15) is 11.6 Å². The number of hydrogen-bond acceptors (Lipinski definition) is 3. The molecule has 0 spiro atoms. The van der Waals surface area contributed by atoms with Gasteiger partial charge in [0, 0.05) is 18.3 Å². The lowest BCUT2D eigenvalue weighted by Crippen LogP contribution is -2.48. The van der Waals surface area contributed by atoms with Gasteiger partial charge < -0.3 is 14.2 Å². The van der Waals surface area contributed by atoms with Crippen molar-refractivity contribution in [3.05, 3.63) is 83.2 Å². The molecule has 1 aromatic heterocycles. The van der Waals surface area contributed by atoms with Crippen molar-refractivity contribution in [1.29, 1.82) is 0 Å². The SMILES string of the molecule is COc1cc(C=C2CCCN(C(C)(C)c3ccc(F)cc3)C2=O)ccc1-n1cnc(C)c1. The molecule has 166 valence electrons. The first-order valence-electron chi connectivity index (χ1n) is 10.8. The Kier molecular flexibility index (Phi) is 5.87. The van der Waals surface area contributed by atoms with Gasteiger partial charge in [-0.15, -0.1) is 0 Å². The number of ether oxygens (including phenoxy) is 1. The molecule has 0 saturated carbocycles. The normalized spacial score (nSPS) is 16.0. The van der Waals surface area contributed by atoms with Crippen molar-refractivity contribution < 1.29 is 13.9 Å². The number of amides is 1. The Morgan fingerprint density at radius 3 is 2.56 bits per heavy atom. The molecule has 2 aromatic carbocycles. The number of benzene rings is 2. The highest BCUT2D eigenvalue weighted by Crippen LogP contribution is 2.34. The number of carbonyl (C=O) groups excluding carboxylic acids is 1. The fraction of sp³-hybridized carbons (Fsp3) is 0.308. The van der Waals surface area contributed by atoms with Crippen molar-refractivity contribution >= 4 is 12.0 Å². The zero-order valence-corrected chi connectivity index (χ0v) is 18.9. The third-order valence-corrected chi connectivity index (χ3v) is 6.11. The van der Waals surface area contributed by atoms with E-state index in [0.717, 1.165) is 40.9 Å². The van der Waals surface area contributed by atoms with Crippen LogP contribution in [0.5, 0.6) is 5.75 Å². The molecule has 1 amide bonds. The molecular weight excluding hydrogens is 405 g/mol. The Morgan fingerprint density at radius 2 is 1.91 bits per heavy atom. The van der Waals surface area contributed by atoms with Gasteiger partial charge in [-0.3, -0.25) is 4.79 Å². The van der Waals surface area contributed by atoms with Gasteiger partial charge in [0.2, 0.25) is 0 Å². The van der Waals surface area contributed by atoms with Crippen LogP contribution in [0.1, 0.15) is 43.5 Å². The number of aromatic nitrogens is 2. The van der Waals surface area contributed by atoms with E-state index in [4.69, 9.17) is 4.74 Å². The quantitative estimate of drug-likeness (QED) is 0.515. The van der Waals surface area contributed by atoms with Crippen LogP contribution in [0.25, 0.3) is 11.8 Å². The Labute approximate surface area is 188 Å². The lowest BCUT2D eigenvalue weighted by atomic mass is 9.88. The highest BCUT2D eigenvalue weighted by Gasteiger charge is 2.36. The molecule has 1 aliphatic heterocycles. The summed E-state index contributed by atoms with van der Waals surface area (Å²) in [4.78, 5) is 19.6.